The zero-order chi connectivity index (χ0) is 26.9. The minimum absolute atomic E-state index is 0.106. The smallest absolute Gasteiger partial charge is 0.335 e. The van der Waals surface area contributed by atoms with E-state index in [9.17, 15) is 4.79 Å². The number of ether oxygens (including phenoxy) is 1. The number of nitrogens with zero attached hydrogens (tertiary/aromatic N) is 1. The summed E-state index contributed by atoms with van der Waals surface area (Å²) in [6, 6.07) is 12.1. The quantitative estimate of drug-likeness (QED) is 0.144. The molecule has 0 saturated heterocycles. The lowest BCUT2D eigenvalue weighted by molar-refractivity contribution is 0.0697. The fourth-order valence-electron chi connectivity index (χ4n) is 3.55. The highest BCUT2D eigenvalue weighted by atomic mass is 35.5. The monoisotopic (exact) mass is 559 g/mol. The van der Waals surface area contributed by atoms with Crippen LogP contribution >= 0.6 is 34.8 Å². The average Bonchev–Trinajstić information content (AvgIpc) is 3.31. The highest BCUT2D eigenvalue weighted by Gasteiger charge is 2.21. The molecule has 1 aromatic heterocycles. The number of alkyl halides is 1. The summed E-state index contributed by atoms with van der Waals surface area (Å²) < 4.78 is 11.7. The van der Waals surface area contributed by atoms with Crippen LogP contribution in [0, 0.1) is 0 Å². The topological polar surface area (TPSA) is 72.6 Å². The van der Waals surface area contributed by atoms with E-state index in [4.69, 9.17) is 49.2 Å². The Morgan fingerprint density at radius 3 is 2.65 bits per heavy atom. The Hall–Kier alpha value is -2.99. The summed E-state index contributed by atoms with van der Waals surface area (Å²) >= 11 is 18.7. The third-order valence-corrected chi connectivity index (χ3v) is 6.50. The summed E-state index contributed by atoms with van der Waals surface area (Å²) in [5.41, 5.74) is 4.03. The second kappa shape index (κ2) is 13.5. The van der Waals surface area contributed by atoms with Gasteiger partial charge in [-0.3, -0.25) is 0 Å². The van der Waals surface area contributed by atoms with Crippen molar-refractivity contribution < 1.29 is 19.2 Å². The summed E-state index contributed by atoms with van der Waals surface area (Å²) in [6.07, 6.45) is 8.09. The maximum Gasteiger partial charge on any atom is 0.335 e. The first-order valence-electron chi connectivity index (χ1n) is 11.7. The zero-order valence-electron chi connectivity index (χ0n) is 20.8. The van der Waals surface area contributed by atoms with Gasteiger partial charge in [-0.1, -0.05) is 72.6 Å². The van der Waals surface area contributed by atoms with Crippen molar-refractivity contribution in [3.63, 3.8) is 0 Å². The van der Waals surface area contributed by atoms with Gasteiger partial charge in [0, 0.05) is 16.8 Å². The Morgan fingerprint density at radius 2 is 1.97 bits per heavy atom. The molecule has 37 heavy (non-hydrogen) atoms. The molecule has 0 saturated carbocycles. The molecule has 3 aromatic rings. The molecule has 0 aliphatic heterocycles. The highest BCUT2D eigenvalue weighted by molar-refractivity contribution is 6.34. The Kier molecular flexibility index (Phi) is 10.4. The van der Waals surface area contributed by atoms with Gasteiger partial charge in [0.25, 0.3) is 0 Å². The Bertz CT molecular complexity index is 1340. The summed E-state index contributed by atoms with van der Waals surface area (Å²) in [6.45, 7) is 6.17. The van der Waals surface area contributed by atoms with E-state index in [0.717, 1.165) is 34.4 Å². The number of benzene rings is 2. The second-order valence-corrected chi connectivity index (χ2v) is 9.81. The van der Waals surface area contributed by atoms with Crippen molar-refractivity contribution in [1.29, 1.82) is 0 Å². The van der Waals surface area contributed by atoms with E-state index >= 15 is 0 Å². The molecular weight excluding hydrogens is 533 g/mol. The Labute approximate surface area is 232 Å². The molecule has 3 rings (SSSR count). The fourth-order valence-corrected chi connectivity index (χ4v) is 4.09. The van der Waals surface area contributed by atoms with Gasteiger partial charge in [0.15, 0.2) is 0 Å². The van der Waals surface area contributed by atoms with E-state index in [2.05, 4.69) is 5.16 Å². The van der Waals surface area contributed by atoms with Crippen molar-refractivity contribution in [1.82, 2.24) is 5.16 Å². The molecule has 0 spiro atoms. The van der Waals surface area contributed by atoms with Crippen molar-refractivity contribution in [3.05, 3.63) is 98.4 Å². The van der Waals surface area contributed by atoms with Crippen LogP contribution in [0.15, 0.2) is 64.2 Å². The van der Waals surface area contributed by atoms with Gasteiger partial charge in [-0.2, -0.15) is 0 Å². The molecular formula is C29H28Cl3NO4. The van der Waals surface area contributed by atoms with Crippen LogP contribution in [0.2, 0.25) is 5.02 Å². The number of rotatable bonds is 11. The first-order valence-corrected chi connectivity index (χ1v) is 13.0. The maximum atomic E-state index is 11.2. The molecule has 0 bridgehead atoms. The minimum Gasteiger partial charge on any atom is -0.489 e. The van der Waals surface area contributed by atoms with Crippen molar-refractivity contribution in [3.8, 4) is 5.75 Å². The first kappa shape index (κ1) is 28.6. The molecule has 0 fully saturated rings. The van der Waals surface area contributed by atoms with Crippen molar-refractivity contribution in [2.75, 3.05) is 5.88 Å². The SMILES string of the molecule is C/C(=C(Cl)\C=C/CCCl)c1noc(C(C)C)c1COc1ccc(/C=C/c2cccc(C(=O)O)c2)c(Cl)c1. The minimum atomic E-state index is -0.970. The molecule has 0 unspecified atom stereocenters. The number of hydrogen-bond donors (Lipinski definition) is 1. The molecule has 194 valence electrons. The van der Waals surface area contributed by atoms with Crippen LogP contribution in [0.3, 0.4) is 0 Å². The molecule has 0 radical (unpaired) electrons. The predicted molar refractivity (Wildman–Crippen MR) is 152 cm³/mol. The molecule has 2 aromatic carbocycles. The normalized spacial score (nSPS) is 12.5. The van der Waals surface area contributed by atoms with Crippen LogP contribution in [-0.2, 0) is 6.61 Å². The fraction of sp³-hybridized carbons (Fsp3) is 0.241. The van der Waals surface area contributed by atoms with Crippen LogP contribution < -0.4 is 4.74 Å². The number of halogens is 3. The van der Waals surface area contributed by atoms with Gasteiger partial charge in [0.2, 0.25) is 0 Å². The summed E-state index contributed by atoms with van der Waals surface area (Å²) in [5.74, 6) is 0.982. The van der Waals surface area contributed by atoms with E-state index in [-0.39, 0.29) is 18.1 Å². The first-order chi connectivity index (χ1) is 17.7. The van der Waals surface area contributed by atoms with Crippen LogP contribution in [0.4, 0.5) is 0 Å². The standard InChI is InChI=1S/C29H28Cl3NO4/c1-18(2)28-24(27(33-37-28)19(3)25(31)9-4-5-14-30)17-36-23-13-12-21(26(32)16-23)11-10-20-7-6-8-22(15-20)29(34)35/h4,6-13,15-16,18H,5,14,17H2,1-3H3,(H,34,35)/b9-4-,11-10+,25-19-. The van der Waals surface area contributed by atoms with E-state index in [0.29, 0.717) is 27.4 Å². The molecule has 0 amide bonds. The van der Waals surface area contributed by atoms with E-state index in [1.54, 1.807) is 24.3 Å². The third-order valence-electron chi connectivity index (χ3n) is 5.54. The number of hydrogen-bond acceptors (Lipinski definition) is 4. The van der Waals surface area contributed by atoms with Gasteiger partial charge in [-0.25, -0.2) is 4.79 Å². The number of carbonyl (C=O) groups is 1. The van der Waals surface area contributed by atoms with Gasteiger partial charge in [-0.15, -0.1) is 11.6 Å². The van der Waals surface area contributed by atoms with Gasteiger partial charge in [0.05, 0.1) is 16.1 Å². The summed E-state index contributed by atoms with van der Waals surface area (Å²) in [4.78, 5) is 11.2. The van der Waals surface area contributed by atoms with Gasteiger partial charge < -0.3 is 14.4 Å². The van der Waals surface area contributed by atoms with E-state index in [1.165, 1.54) is 0 Å². The second-order valence-electron chi connectivity index (χ2n) is 8.62. The predicted octanol–water partition coefficient (Wildman–Crippen LogP) is 9.05. The molecule has 5 nitrogen and oxygen atoms in total. The largest absolute Gasteiger partial charge is 0.489 e. The number of aromatic nitrogens is 1. The number of carboxylic acid groups (broad SMARTS) is 1. The molecule has 0 atom stereocenters. The molecule has 1 heterocycles. The lowest BCUT2D eigenvalue weighted by atomic mass is 10.0. The highest BCUT2D eigenvalue weighted by Crippen LogP contribution is 2.32. The average molecular weight is 561 g/mol. The Morgan fingerprint density at radius 1 is 1.19 bits per heavy atom. The zero-order valence-corrected chi connectivity index (χ0v) is 23.1. The van der Waals surface area contributed by atoms with Gasteiger partial charge in [-0.05, 0) is 66.5 Å². The maximum absolute atomic E-state index is 11.2. The number of allylic oxidation sites excluding steroid dienone is 4. The van der Waals surface area contributed by atoms with Crippen LogP contribution in [0.5, 0.6) is 5.75 Å². The van der Waals surface area contributed by atoms with E-state index in [1.807, 2.05) is 63.3 Å². The lowest BCUT2D eigenvalue weighted by Gasteiger charge is -2.11. The molecule has 1 N–H and O–H groups in total. The van der Waals surface area contributed by atoms with Crippen molar-refractivity contribution in [2.45, 2.75) is 39.7 Å². The number of carboxylic acids is 1. The van der Waals surface area contributed by atoms with Crippen LogP contribution in [0.1, 0.15) is 71.6 Å². The summed E-state index contributed by atoms with van der Waals surface area (Å²) in [5, 5.41) is 14.5. The lowest BCUT2D eigenvalue weighted by Crippen LogP contribution is -2.02. The number of aromatic carboxylic acids is 1. The van der Waals surface area contributed by atoms with Gasteiger partial charge in [0.1, 0.15) is 23.8 Å². The summed E-state index contributed by atoms with van der Waals surface area (Å²) in [7, 11) is 0. The van der Waals surface area contributed by atoms with Crippen molar-refractivity contribution >= 4 is 58.5 Å². The van der Waals surface area contributed by atoms with Crippen LogP contribution in [-0.4, -0.2) is 22.1 Å². The third kappa shape index (κ3) is 7.75. The van der Waals surface area contributed by atoms with Gasteiger partial charge >= 0.3 is 5.97 Å². The van der Waals surface area contributed by atoms with Crippen molar-refractivity contribution in [2.24, 2.45) is 0 Å². The molecule has 0 aliphatic carbocycles. The van der Waals surface area contributed by atoms with Crippen LogP contribution in [0.25, 0.3) is 17.7 Å². The Balaban J connectivity index is 1.79. The molecule has 0 aliphatic rings. The molecule has 8 heteroatoms. The van der Waals surface area contributed by atoms with E-state index < -0.39 is 5.97 Å².